The molecule has 0 aliphatic carbocycles. The van der Waals surface area contributed by atoms with Crippen LogP contribution in [0.15, 0.2) is 30.6 Å². The Labute approximate surface area is 123 Å². The second-order valence-corrected chi connectivity index (χ2v) is 5.51. The van der Waals surface area contributed by atoms with Crippen LogP contribution in [0.5, 0.6) is 5.75 Å². The second-order valence-electron chi connectivity index (χ2n) is 5.11. The number of benzene rings is 1. The summed E-state index contributed by atoms with van der Waals surface area (Å²) in [7, 11) is 1.66. The highest BCUT2D eigenvalue weighted by molar-refractivity contribution is 6.31. The van der Waals surface area contributed by atoms with Gasteiger partial charge >= 0.3 is 0 Å². The fraction of sp³-hybridized carbons (Fsp3) is 0.400. The number of rotatable bonds is 3. The third-order valence-corrected chi connectivity index (χ3v) is 4.32. The van der Waals surface area contributed by atoms with Crippen LogP contribution in [-0.4, -0.2) is 30.4 Å². The summed E-state index contributed by atoms with van der Waals surface area (Å²) in [5.74, 6) is 1.34. The Morgan fingerprint density at radius 2 is 2.15 bits per heavy atom. The minimum atomic E-state index is 0.525. The molecule has 2 heterocycles. The predicted molar refractivity (Wildman–Crippen MR) is 80.8 cm³/mol. The molecule has 20 heavy (non-hydrogen) atoms. The van der Waals surface area contributed by atoms with Gasteiger partial charge in [0.25, 0.3) is 0 Å². The van der Waals surface area contributed by atoms with Crippen LogP contribution in [0.4, 0.5) is 5.69 Å². The fourth-order valence-corrected chi connectivity index (χ4v) is 3.16. The number of hydrogen-bond donors (Lipinski definition) is 1. The number of halogens is 1. The van der Waals surface area contributed by atoms with E-state index < -0.39 is 0 Å². The number of nitrogens with zero attached hydrogens (tertiary/aromatic N) is 2. The molecule has 5 heteroatoms. The summed E-state index contributed by atoms with van der Waals surface area (Å²) in [4.78, 5) is 2.36. The number of aromatic nitrogens is 2. The van der Waals surface area contributed by atoms with Crippen LogP contribution >= 0.6 is 11.6 Å². The highest BCUT2D eigenvalue weighted by Crippen LogP contribution is 2.35. The molecule has 3 rings (SSSR count). The van der Waals surface area contributed by atoms with Gasteiger partial charge in [0.2, 0.25) is 0 Å². The highest BCUT2D eigenvalue weighted by Gasteiger charge is 2.23. The molecule has 0 unspecified atom stereocenters. The minimum Gasteiger partial charge on any atom is -0.497 e. The van der Waals surface area contributed by atoms with E-state index in [4.69, 9.17) is 16.3 Å². The molecule has 2 aromatic rings. The molecule has 0 bridgehead atoms. The average molecular weight is 292 g/mol. The van der Waals surface area contributed by atoms with Crippen molar-refractivity contribution in [3.8, 4) is 5.75 Å². The Kier molecular flexibility index (Phi) is 3.83. The maximum absolute atomic E-state index is 6.37. The Hall–Kier alpha value is -1.68. The molecule has 4 nitrogen and oxygen atoms in total. The van der Waals surface area contributed by atoms with Gasteiger partial charge in [-0.15, -0.1) is 0 Å². The van der Waals surface area contributed by atoms with E-state index in [2.05, 4.69) is 21.2 Å². The van der Waals surface area contributed by atoms with Crippen molar-refractivity contribution in [2.45, 2.75) is 18.8 Å². The van der Waals surface area contributed by atoms with Gasteiger partial charge in [0.1, 0.15) is 5.75 Å². The van der Waals surface area contributed by atoms with Crippen LogP contribution in [0.2, 0.25) is 5.02 Å². The molecule has 1 aromatic heterocycles. The average Bonchev–Trinajstić information content (AvgIpc) is 3.01. The zero-order valence-electron chi connectivity index (χ0n) is 11.5. The molecule has 1 aliphatic heterocycles. The Bertz CT molecular complexity index is 563. The Balaban J connectivity index is 1.69. The standard InChI is InChI=1S/C15H18ClN3O/c1-20-13-2-3-14(15(16)8-13)11-4-6-19(7-5-11)12-9-17-18-10-12/h2-3,8-11H,4-7H2,1H3,(H,17,18). The first-order valence-electron chi connectivity index (χ1n) is 6.85. The zero-order chi connectivity index (χ0) is 13.9. The lowest BCUT2D eigenvalue weighted by atomic mass is 9.89. The van der Waals surface area contributed by atoms with Gasteiger partial charge in [-0.3, -0.25) is 5.10 Å². The van der Waals surface area contributed by atoms with Crippen LogP contribution < -0.4 is 9.64 Å². The largest absolute Gasteiger partial charge is 0.497 e. The van der Waals surface area contributed by atoms with Crippen molar-refractivity contribution in [2.75, 3.05) is 25.1 Å². The molecule has 0 saturated carbocycles. The normalized spacial score (nSPS) is 16.4. The van der Waals surface area contributed by atoms with Gasteiger partial charge in [-0.05, 0) is 36.5 Å². The molecule has 0 atom stereocenters. The minimum absolute atomic E-state index is 0.525. The maximum Gasteiger partial charge on any atom is 0.120 e. The number of piperidine rings is 1. The smallest absolute Gasteiger partial charge is 0.120 e. The molecule has 1 fully saturated rings. The molecule has 1 aromatic carbocycles. The van der Waals surface area contributed by atoms with Crippen molar-refractivity contribution in [1.29, 1.82) is 0 Å². The molecule has 0 radical (unpaired) electrons. The molecule has 1 saturated heterocycles. The SMILES string of the molecule is COc1ccc(C2CCN(c3cn[nH]c3)CC2)c(Cl)c1. The van der Waals surface area contributed by atoms with Gasteiger partial charge < -0.3 is 9.64 Å². The molecule has 0 spiro atoms. The van der Waals surface area contributed by atoms with Crippen LogP contribution in [0.1, 0.15) is 24.3 Å². The zero-order valence-corrected chi connectivity index (χ0v) is 12.2. The van der Waals surface area contributed by atoms with E-state index in [0.29, 0.717) is 5.92 Å². The van der Waals surface area contributed by atoms with Gasteiger partial charge in [0.15, 0.2) is 0 Å². The van der Waals surface area contributed by atoms with Crippen molar-refractivity contribution in [2.24, 2.45) is 0 Å². The van der Waals surface area contributed by atoms with Gasteiger partial charge in [0, 0.05) is 24.3 Å². The first-order valence-corrected chi connectivity index (χ1v) is 7.23. The van der Waals surface area contributed by atoms with E-state index in [0.717, 1.165) is 36.7 Å². The highest BCUT2D eigenvalue weighted by atomic mass is 35.5. The van der Waals surface area contributed by atoms with E-state index in [1.165, 1.54) is 11.3 Å². The number of hydrogen-bond acceptors (Lipinski definition) is 3. The van der Waals surface area contributed by atoms with Gasteiger partial charge in [-0.25, -0.2) is 0 Å². The fourth-order valence-electron chi connectivity index (χ4n) is 2.83. The number of methoxy groups -OCH3 is 1. The summed E-state index contributed by atoms with van der Waals surface area (Å²) in [6.45, 7) is 2.07. The third kappa shape index (κ3) is 2.61. The Morgan fingerprint density at radius 3 is 2.75 bits per heavy atom. The van der Waals surface area contributed by atoms with E-state index in [-0.39, 0.29) is 0 Å². The number of anilines is 1. The topological polar surface area (TPSA) is 41.1 Å². The van der Waals surface area contributed by atoms with Crippen LogP contribution in [0.25, 0.3) is 0 Å². The summed E-state index contributed by atoms with van der Waals surface area (Å²) >= 11 is 6.37. The van der Waals surface area contributed by atoms with Gasteiger partial charge in [-0.2, -0.15) is 5.10 Å². The lowest BCUT2D eigenvalue weighted by Gasteiger charge is -2.33. The lowest BCUT2D eigenvalue weighted by molar-refractivity contribution is 0.414. The summed E-state index contributed by atoms with van der Waals surface area (Å²) in [6, 6.07) is 5.99. The van der Waals surface area contributed by atoms with Crippen molar-refractivity contribution in [3.05, 3.63) is 41.2 Å². The molecular formula is C15H18ClN3O. The first-order chi connectivity index (χ1) is 9.78. The lowest BCUT2D eigenvalue weighted by Crippen LogP contribution is -2.32. The molecule has 1 aliphatic rings. The number of nitrogens with one attached hydrogen (secondary N) is 1. The van der Waals surface area contributed by atoms with Crippen molar-refractivity contribution >= 4 is 17.3 Å². The maximum atomic E-state index is 6.37. The van der Waals surface area contributed by atoms with Crippen LogP contribution in [0.3, 0.4) is 0 Å². The van der Waals surface area contributed by atoms with E-state index in [1.54, 1.807) is 7.11 Å². The van der Waals surface area contributed by atoms with Crippen molar-refractivity contribution < 1.29 is 4.74 Å². The first kappa shape index (κ1) is 13.3. The molecule has 1 N–H and O–H groups in total. The van der Waals surface area contributed by atoms with Crippen molar-refractivity contribution in [1.82, 2.24) is 10.2 Å². The summed E-state index contributed by atoms with van der Waals surface area (Å²) in [6.07, 6.45) is 6.04. The van der Waals surface area contributed by atoms with Crippen molar-refractivity contribution in [3.63, 3.8) is 0 Å². The predicted octanol–water partition coefficient (Wildman–Crippen LogP) is 3.46. The number of ether oxygens (including phenoxy) is 1. The summed E-state index contributed by atoms with van der Waals surface area (Å²) in [5, 5.41) is 7.68. The van der Waals surface area contributed by atoms with E-state index in [1.807, 2.05) is 24.5 Å². The third-order valence-electron chi connectivity index (χ3n) is 3.99. The van der Waals surface area contributed by atoms with Gasteiger partial charge in [-0.1, -0.05) is 17.7 Å². The van der Waals surface area contributed by atoms with Crippen LogP contribution in [0, 0.1) is 0 Å². The molecular weight excluding hydrogens is 274 g/mol. The number of H-pyrrole nitrogens is 1. The van der Waals surface area contributed by atoms with E-state index in [9.17, 15) is 0 Å². The monoisotopic (exact) mass is 291 g/mol. The summed E-state index contributed by atoms with van der Waals surface area (Å²) in [5.41, 5.74) is 2.41. The molecule has 106 valence electrons. The summed E-state index contributed by atoms with van der Waals surface area (Å²) < 4.78 is 5.20. The second kappa shape index (κ2) is 5.75. The van der Waals surface area contributed by atoms with Crippen LogP contribution in [-0.2, 0) is 0 Å². The quantitative estimate of drug-likeness (QED) is 0.941. The number of aromatic amines is 1. The molecule has 0 amide bonds. The Morgan fingerprint density at radius 1 is 1.35 bits per heavy atom. The van der Waals surface area contributed by atoms with Gasteiger partial charge in [0.05, 0.1) is 19.0 Å². The van der Waals surface area contributed by atoms with E-state index >= 15 is 0 Å².